The van der Waals surface area contributed by atoms with Crippen LogP contribution >= 0.6 is 0 Å². The molecular weight excluding hydrogens is 336 g/mol. The number of aromatic nitrogens is 1. The fourth-order valence-corrected chi connectivity index (χ4v) is 3.38. The molecule has 1 N–H and O–H groups in total. The molecule has 27 heavy (non-hydrogen) atoms. The van der Waals surface area contributed by atoms with Crippen LogP contribution in [0.5, 0.6) is 0 Å². The lowest BCUT2D eigenvalue weighted by Gasteiger charge is -2.27. The highest BCUT2D eigenvalue weighted by molar-refractivity contribution is 6.06. The molecule has 4 nitrogen and oxygen atoms in total. The minimum atomic E-state index is -0.220. The molecule has 0 aliphatic rings. The molecule has 1 aromatic heterocycles. The first-order chi connectivity index (χ1) is 12.8. The Labute approximate surface area is 159 Å². The van der Waals surface area contributed by atoms with E-state index in [1.807, 2.05) is 54.6 Å². The van der Waals surface area contributed by atoms with Gasteiger partial charge >= 0.3 is 0 Å². The normalized spacial score (nSPS) is 12.7. The van der Waals surface area contributed by atoms with Crippen molar-refractivity contribution in [1.82, 2.24) is 9.88 Å². The first-order valence-corrected chi connectivity index (χ1v) is 9.21. The number of carbonyl (C=O) groups excluding carboxylic acids is 1. The number of para-hydroxylation sites is 1. The number of hydrogen-bond donors (Lipinski definition) is 1. The highest BCUT2D eigenvalue weighted by atomic mass is 16.2. The second-order valence-electron chi connectivity index (χ2n) is 8.17. The SMILES string of the molecule is Cn1c(=O)cc(C(=O)NC(CC(C)(C)C)c2ccccc2)c2ccccc21. The molecule has 2 aromatic carbocycles. The van der Waals surface area contributed by atoms with Gasteiger partial charge in [-0.3, -0.25) is 9.59 Å². The quantitative estimate of drug-likeness (QED) is 0.746. The zero-order valence-electron chi connectivity index (χ0n) is 16.3. The smallest absolute Gasteiger partial charge is 0.252 e. The highest BCUT2D eigenvalue weighted by Gasteiger charge is 2.23. The zero-order valence-corrected chi connectivity index (χ0v) is 16.3. The first-order valence-electron chi connectivity index (χ1n) is 9.21. The molecule has 0 aliphatic heterocycles. The molecule has 0 radical (unpaired) electrons. The number of amides is 1. The Morgan fingerprint density at radius 2 is 1.67 bits per heavy atom. The van der Waals surface area contributed by atoms with Crippen LogP contribution < -0.4 is 10.9 Å². The average molecular weight is 362 g/mol. The monoisotopic (exact) mass is 362 g/mol. The second-order valence-corrected chi connectivity index (χ2v) is 8.17. The number of nitrogens with zero attached hydrogens (tertiary/aromatic N) is 1. The van der Waals surface area contributed by atoms with Crippen LogP contribution in [0.1, 0.15) is 49.2 Å². The van der Waals surface area contributed by atoms with Crippen LogP contribution in [0.3, 0.4) is 0 Å². The van der Waals surface area contributed by atoms with E-state index < -0.39 is 0 Å². The third kappa shape index (κ3) is 4.27. The van der Waals surface area contributed by atoms with Crippen molar-refractivity contribution in [2.45, 2.75) is 33.2 Å². The summed E-state index contributed by atoms with van der Waals surface area (Å²) in [5.41, 5.74) is 2.09. The molecule has 0 fully saturated rings. The van der Waals surface area contributed by atoms with Gasteiger partial charge in [0.25, 0.3) is 11.5 Å². The standard InChI is InChI=1S/C23H26N2O2/c1-23(2,3)15-19(16-10-6-5-7-11-16)24-22(27)18-14-21(26)25(4)20-13-9-8-12-17(18)20/h5-14,19H,15H2,1-4H3,(H,24,27). The van der Waals surface area contributed by atoms with Crippen molar-refractivity contribution in [3.05, 3.63) is 82.1 Å². The molecule has 140 valence electrons. The molecule has 0 aliphatic carbocycles. The summed E-state index contributed by atoms with van der Waals surface area (Å²) in [5, 5.41) is 3.94. The Morgan fingerprint density at radius 1 is 1.04 bits per heavy atom. The van der Waals surface area contributed by atoms with E-state index in [0.717, 1.165) is 22.9 Å². The van der Waals surface area contributed by atoms with Crippen LogP contribution in [0.25, 0.3) is 10.9 Å². The summed E-state index contributed by atoms with van der Waals surface area (Å²) in [7, 11) is 1.72. The van der Waals surface area contributed by atoms with Crippen LogP contribution in [-0.4, -0.2) is 10.5 Å². The van der Waals surface area contributed by atoms with Gasteiger partial charge in [0.15, 0.2) is 0 Å². The maximum absolute atomic E-state index is 13.1. The van der Waals surface area contributed by atoms with E-state index >= 15 is 0 Å². The predicted octanol–water partition coefficient (Wildman–Crippen LogP) is 4.45. The number of nitrogens with one attached hydrogen (secondary N) is 1. The molecule has 0 saturated carbocycles. The third-order valence-electron chi connectivity index (χ3n) is 4.72. The molecule has 3 aromatic rings. The van der Waals surface area contributed by atoms with Crippen molar-refractivity contribution < 1.29 is 4.79 Å². The number of benzene rings is 2. The van der Waals surface area contributed by atoms with Crippen LogP contribution in [0.4, 0.5) is 0 Å². The van der Waals surface area contributed by atoms with Crippen LogP contribution in [0.15, 0.2) is 65.5 Å². The van der Waals surface area contributed by atoms with E-state index in [-0.39, 0.29) is 22.9 Å². The van der Waals surface area contributed by atoms with Gasteiger partial charge < -0.3 is 9.88 Å². The maximum Gasteiger partial charge on any atom is 0.252 e. The summed E-state index contributed by atoms with van der Waals surface area (Å²) in [5.74, 6) is -0.220. The zero-order chi connectivity index (χ0) is 19.6. The summed E-state index contributed by atoms with van der Waals surface area (Å²) in [6.45, 7) is 6.47. The number of aryl methyl sites for hydroxylation is 1. The molecule has 1 unspecified atom stereocenters. The Morgan fingerprint density at radius 3 is 2.33 bits per heavy atom. The molecule has 0 spiro atoms. The van der Waals surface area contributed by atoms with Crippen molar-refractivity contribution in [2.24, 2.45) is 12.5 Å². The van der Waals surface area contributed by atoms with Gasteiger partial charge in [-0.2, -0.15) is 0 Å². The van der Waals surface area contributed by atoms with Crippen molar-refractivity contribution in [3.8, 4) is 0 Å². The van der Waals surface area contributed by atoms with E-state index in [9.17, 15) is 9.59 Å². The minimum absolute atomic E-state index is 0.0443. The summed E-state index contributed by atoms with van der Waals surface area (Å²) in [4.78, 5) is 25.5. The van der Waals surface area contributed by atoms with Crippen LogP contribution in [-0.2, 0) is 7.05 Å². The van der Waals surface area contributed by atoms with E-state index in [1.165, 1.54) is 6.07 Å². The highest BCUT2D eigenvalue weighted by Crippen LogP contribution is 2.30. The Bertz CT molecular complexity index is 1010. The molecular formula is C23H26N2O2. The summed E-state index contributed by atoms with van der Waals surface area (Å²) >= 11 is 0. The van der Waals surface area contributed by atoms with Gasteiger partial charge in [0, 0.05) is 18.5 Å². The first kappa shape index (κ1) is 18.9. The van der Waals surface area contributed by atoms with Crippen LogP contribution in [0, 0.1) is 5.41 Å². The Hall–Kier alpha value is -2.88. The van der Waals surface area contributed by atoms with Crippen molar-refractivity contribution in [2.75, 3.05) is 0 Å². The maximum atomic E-state index is 13.1. The van der Waals surface area contributed by atoms with Gasteiger partial charge in [-0.15, -0.1) is 0 Å². The van der Waals surface area contributed by atoms with Gasteiger partial charge in [-0.25, -0.2) is 0 Å². The molecule has 1 heterocycles. The lowest BCUT2D eigenvalue weighted by Crippen LogP contribution is -2.32. The van der Waals surface area contributed by atoms with Crippen molar-refractivity contribution in [3.63, 3.8) is 0 Å². The molecule has 0 bridgehead atoms. The van der Waals surface area contributed by atoms with E-state index in [2.05, 4.69) is 26.1 Å². The van der Waals surface area contributed by atoms with Gasteiger partial charge in [0.2, 0.25) is 0 Å². The number of pyridine rings is 1. The lowest BCUT2D eigenvalue weighted by atomic mass is 9.85. The molecule has 0 saturated heterocycles. The second kappa shape index (κ2) is 7.39. The Balaban J connectivity index is 2.01. The van der Waals surface area contributed by atoms with Gasteiger partial charge in [-0.1, -0.05) is 69.3 Å². The predicted molar refractivity (Wildman–Crippen MR) is 110 cm³/mol. The van der Waals surface area contributed by atoms with Gasteiger partial charge in [0.1, 0.15) is 0 Å². The summed E-state index contributed by atoms with van der Waals surface area (Å²) < 4.78 is 1.57. The molecule has 1 amide bonds. The number of carbonyl (C=O) groups is 1. The van der Waals surface area contributed by atoms with Crippen molar-refractivity contribution in [1.29, 1.82) is 0 Å². The topological polar surface area (TPSA) is 51.1 Å². The van der Waals surface area contributed by atoms with Crippen LogP contribution in [0.2, 0.25) is 0 Å². The van der Waals surface area contributed by atoms with E-state index in [4.69, 9.17) is 0 Å². The van der Waals surface area contributed by atoms with Gasteiger partial charge in [-0.05, 0) is 23.5 Å². The summed E-state index contributed by atoms with van der Waals surface area (Å²) in [6, 6.07) is 18.8. The average Bonchev–Trinajstić information content (AvgIpc) is 2.63. The van der Waals surface area contributed by atoms with Gasteiger partial charge in [0.05, 0.1) is 17.1 Å². The largest absolute Gasteiger partial charge is 0.345 e. The number of hydrogen-bond acceptors (Lipinski definition) is 2. The number of fused-ring (bicyclic) bond motifs is 1. The lowest BCUT2D eigenvalue weighted by molar-refractivity contribution is 0.0928. The Kier molecular flexibility index (Phi) is 5.17. The fourth-order valence-electron chi connectivity index (χ4n) is 3.38. The fraction of sp³-hybridized carbons (Fsp3) is 0.304. The molecule has 4 heteroatoms. The van der Waals surface area contributed by atoms with Crippen molar-refractivity contribution >= 4 is 16.8 Å². The molecule has 3 rings (SSSR count). The van der Waals surface area contributed by atoms with E-state index in [1.54, 1.807) is 11.6 Å². The summed E-state index contributed by atoms with van der Waals surface area (Å²) in [6.07, 6.45) is 0.797. The minimum Gasteiger partial charge on any atom is -0.345 e. The third-order valence-corrected chi connectivity index (χ3v) is 4.72. The number of rotatable bonds is 4. The van der Waals surface area contributed by atoms with E-state index in [0.29, 0.717) is 5.56 Å². The molecule has 1 atom stereocenters.